The van der Waals surface area contributed by atoms with Crippen LogP contribution in [-0.2, 0) is 17.4 Å². The van der Waals surface area contributed by atoms with E-state index >= 15 is 0 Å². The second kappa shape index (κ2) is 5.14. The van der Waals surface area contributed by atoms with Gasteiger partial charge in [-0.1, -0.05) is 0 Å². The molecule has 0 radical (unpaired) electrons. The smallest absolute Gasteiger partial charge is 0.396 e. The molecule has 0 aliphatic rings. The van der Waals surface area contributed by atoms with E-state index in [1.165, 1.54) is 0 Å². The Morgan fingerprint density at radius 2 is 1.40 bits per heavy atom. The van der Waals surface area contributed by atoms with Crippen molar-refractivity contribution in [2.45, 2.75) is 0 Å². The van der Waals surface area contributed by atoms with E-state index in [1.54, 1.807) is 0 Å². The molecule has 0 aromatic heterocycles. The molecular weight excluding hydrogens is 227 g/mol. The van der Waals surface area contributed by atoms with Crippen molar-refractivity contribution >= 4 is 0 Å². The fourth-order valence-corrected chi connectivity index (χ4v) is 0. The third-order valence-electron chi connectivity index (χ3n) is 0. The molecule has 5 heavy (non-hydrogen) atoms. The summed E-state index contributed by atoms with van der Waals surface area (Å²) in [5, 5.41) is 0. The Kier molecular flexibility index (Phi) is 9.74. The minimum Gasteiger partial charge on any atom is -0.396 e. The topological polar surface area (TPSA) is 66.3 Å². The van der Waals surface area contributed by atoms with Gasteiger partial charge in [-0.15, -0.1) is 0 Å². The van der Waals surface area contributed by atoms with E-state index in [0.29, 0.717) is 0 Å². The average molecular weight is 228 g/mol. The summed E-state index contributed by atoms with van der Waals surface area (Å²) in [6, 6.07) is 0. The number of halogens is 1. The maximum atomic E-state index is 8.68. The summed E-state index contributed by atoms with van der Waals surface area (Å²) in [6.45, 7) is 0. The molecule has 0 aromatic carbocycles. The van der Waals surface area contributed by atoms with Crippen LogP contribution in [0.4, 0.5) is 0 Å². The Hall–Kier alpha value is 1.14. The van der Waals surface area contributed by atoms with Gasteiger partial charge in [-0.3, -0.25) is 0 Å². The van der Waals surface area contributed by atoms with Gasteiger partial charge < -0.3 is 6.87 Å². The summed E-state index contributed by atoms with van der Waals surface area (Å²) in [5.41, 5.74) is 0. The van der Waals surface area contributed by atoms with Gasteiger partial charge in [-0.05, 0) is 3.44 Å². The molecule has 0 saturated carbocycles. The molecule has 0 amide bonds. The van der Waals surface area contributed by atoms with Gasteiger partial charge in [0.25, 0.3) is 0 Å². The van der Waals surface area contributed by atoms with Crippen molar-refractivity contribution in [3.05, 3.63) is 0 Å². The third kappa shape index (κ3) is 38.9. The molecule has 5 heteroatoms. The van der Waals surface area contributed by atoms with Crippen molar-refractivity contribution < 1.29 is 48.7 Å². The van der Waals surface area contributed by atoms with Gasteiger partial charge in [0.15, 0.2) is 0 Å². The van der Waals surface area contributed by atoms with Crippen molar-refractivity contribution in [1.82, 2.24) is 0 Å². The summed E-state index contributed by atoms with van der Waals surface area (Å²) in [4.78, 5) is 0. The van der Waals surface area contributed by atoms with Crippen LogP contribution < -0.4 is 27.9 Å². The monoisotopic (exact) mass is 228 g/mol. The number of hydrogen-bond acceptors (Lipinski definition) is 3. The van der Waals surface area contributed by atoms with Crippen LogP contribution in [-0.4, -0.2) is 3.44 Å². The third-order valence-corrected chi connectivity index (χ3v) is 0. The molecule has 1 N–H and O–H groups in total. The zero-order chi connectivity index (χ0) is 3.58. The average Bonchev–Trinajstić information content (AvgIpc) is 0.811. The minimum absolute atomic E-state index is 0. The largest absolute Gasteiger partial charge is 0.503 e. The van der Waals surface area contributed by atoms with E-state index in [4.69, 9.17) is 10.3 Å². The van der Waals surface area contributed by atoms with E-state index in [2.05, 4.69) is 0 Å². The van der Waals surface area contributed by atoms with Crippen LogP contribution in [0.15, 0.2) is 0 Å². The maximum absolute atomic E-state index is 8.68. The van der Waals surface area contributed by atoms with Crippen LogP contribution in [0, 0.1) is 0 Å². The van der Waals surface area contributed by atoms with E-state index in [1.807, 2.05) is 0 Å². The zero-order valence-electron chi connectivity index (χ0n) is 2.05. The molecule has 0 aliphatic carbocycles. The Labute approximate surface area is 48.8 Å². The molecule has 0 aliphatic heterocycles. The van der Waals surface area contributed by atoms with Gasteiger partial charge in [-0.25, -0.2) is 0 Å². The molecular formula is HCrIO3. The standard InChI is InChI=1S/Cr.HIO3/c;2-1(3)4/h;2H. The molecule has 0 unspecified atom stereocenters. The first-order valence-corrected chi connectivity index (χ1v) is 3.20. The minimum atomic E-state index is -3.76. The Balaban J connectivity index is 0. The summed E-state index contributed by atoms with van der Waals surface area (Å²) >= 11 is -3.76. The molecule has 0 aromatic rings. The SMILES string of the molecule is [Cr].[O-][I+2]([O-])O. The van der Waals surface area contributed by atoms with Crippen molar-refractivity contribution in [3.63, 3.8) is 0 Å². The Morgan fingerprint density at radius 3 is 1.40 bits per heavy atom. The quantitative estimate of drug-likeness (QED) is 0.420. The Bertz CT molecular complexity index is 11.6. The van der Waals surface area contributed by atoms with Crippen LogP contribution in [0.25, 0.3) is 0 Å². The summed E-state index contributed by atoms with van der Waals surface area (Å²) in [6.07, 6.45) is 0. The number of rotatable bonds is 0. The molecule has 0 atom stereocenters. The maximum Gasteiger partial charge on any atom is 0.503 e. The van der Waals surface area contributed by atoms with E-state index < -0.39 is 21.1 Å². The number of hydrogen-bond donors (Lipinski definition) is 1. The summed E-state index contributed by atoms with van der Waals surface area (Å²) < 4.78 is 24.5. The Morgan fingerprint density at radius 1 is 1.40 bits per heavy atom. The first kappa shape index (κ1) is 9.47. The van der Waals surface area contributed by atoms with Crippen molar-refractivity contribution in [3.8, 4) is 0 Å². The zero-order valence-corrected chi connectivity index (χ0v) is 5.48. The van der Waals surface area contributed by atoms with Crippen molar-refractivity contribution in [2.75, 3.05) is 0 Å². The molecule has 3 nitrogen and oxygen atoms in total. The van der Waals surface area contributed by atoms with Gasteiger partial charge in [0.05, 0.1) is 0 Å². The van der Waals surface area contributed by atoms with Crippen LogP contribution in [0.1, 0.15) is 0 Å². The van der Waals surface area contributed by atoms with Gasteiger partial charge in [-0.2, -0.15) is 0 Å². The second-order valence-electron chi connectivity index (χ2n) is 0.201. The van der Waals surface area contributed by atoms with Crippen LogP contribution in [0.2, 0.25) is 0 Å². The van der Waals surface area contributed by atoms with Crippen molar-refractivity contribution in [1.29, 1.82) is 0 Å². The molecule has 0 saturated heterocycles. The van der Waals surface area contributed by atoms with Crippen LogP contribution >= 0.6 is 0 Å². The van der Waals surface area contributed by atoms with E-state index in [0.717, 1.165) is 0 Å². The first-order valence-electron chi connectivity index (χ1n) is 0.478. The van der Waals surface area contributed by atoms with Crippen LogP contribution in [0.3, 0.4) is 0 Å². The van der Waals surface area contributed by atoms with Crippen molar-refractivity contribution in [2.24, 2.45) is 0 Å². The summed E-state index contributed by atoms with van der Waals surface area (Å²) in [7, 11) is 0. The molecule has 0 heterocycles. The van der Waals surface area contributed by atoms with Gasteiger partial charge in [0, 0.05) is 17.4 Å². The molecule has 0 spiro atoms. The van der Waals surface area contributed by atoms with E-state index in [9.17, 15) is 0 Å². The van der Waals surface area contributed by atoms with E-state index in [-0.39, 0.29) is 17.4 Å². The van der Waals surface area contributed by atoms with Crippen LogP contribution in [0.5, 0.6) is 0 Å². The predicted molar refractivity (Wildman–Crippen MR) is 2.22 cm³/mol. The van der Waals surface area contributed by atoms with Gasteiger partial charge >= 0.3 is 21.1 Å². The fraction of sp³-hybridized carbons (Fsp3) is 0. The second-order valence-corrected chi connectivity index (χ2v) is 1.35. The normalized spacial score (nSPS) is 7.20. The van der Waals surface area contributed by atoms with Gasteiger partial charge in [0.2, 0.25) is 0 Å². The molecule has 0 rings (SSSR count). The molecule has 0 fully saturated rings. The predicted octanol–water partition coefficient (Wildman–Crippen LogP) is -5.93. The first-order chi connectivity index (χ1) is 1.73. The van der Waals surface area contributed by atoms with Gasteiger partial charge in [0.1, 0.15) is 0 Å². The fourth-order valence-electron chi connectivity index (χ4n) is 0. The molecule has 32 valence electrons. The summed E-state index contributed by atoms with van der Waals surface area (Å²) in [5.74, 6) is 0. The molecule has 0 bridgehead atoms.